The van der Waals surface area contributed by atoms with Gasteiger partial charge < -0.3 is 43.2 Å². The molecule has 1 amide bonds. The molecule has 5 heterocycles. The Labute approximate surface area is 375 Å². The number of Topliss-reactive ketones (excluding diaryl/α,β-unsaturated/α-hetero) is 2. The maximum atomic E-state index is 14.6. The van der Waals surface area contributed by atoms with Gasteiger partial charge in [-0.15, -0.1) is 0 Å². The van der Waals surface area contributed by atoms with Crippen molar-refractivity contribution in [2.75, 3.05) is 27.2 Å². The van der Waals surface area contributed by atoms with E-state index < -0.39 is 90.3 Å². The molecule has 3 aliphatic rings. The Morgan fingerprint density at radius 3 is 2.36 bits per heavy atom. The van der Waals surface area contributed by atoms with Crippen molar-refractivity contribution in [3.05, 3.63) is 72.9 Å². The maximum Gasteiger partial charge on any atom is 0.411 e. The number of fused-ring (bicyclic) bond motifs is 1. The number of esters is 2. The Balaban J connectivity index is 1.25. The number of aryl methyl sites for hydroxylation is 1. The maximum absolute atomic E-state index is 14.6. The number of hydrogen-bond acceptors (Lipinski definition) is 14. The summed E-state index contributed by atoms with van der Waals surface area (Å²) >= 11 is 0. The largest absolute Gasteiger partial charge is 0.457 e. The van der Waals surface area contributed by atoms with E-state index in [1.807, 2.05) is 48.8 Å². The topological polar surface area (TPSA) is 189 Å². The van der Waals surface area contributed by atoms with Crippen molar-refractivity contribution < 1.29 is 52.8 Å². The summed E-state index contributed by atoms with van der Waals surface area (Å²) in [7, 11) is 3.78. The molecule has 3 aromatic rings. The zero-order valence-corrected chi connectivity index (χ0v) is 38.3. The molecule has 0 bridgehead atoms. The van der Waals surface area contributed by atoms with E-state index in [-0.39, 0.29) is 43.7 Å². The Hall–Kier alpha value is -5.03. The van der Waals surface area contributed by atoms with Gasteiger partial charge in [0.05, 0.1) is 48.5 Å². The number of carbonyl (C=O) groups excluding carboxylic acids is 5. The third-order valence-corrected chi connectivity index (χ3v) is 13.3. The number of pyridine rings is 1. The normalized spacial score (nSPS) is 31.8. The minimum absolute atomic E-state index is 0.121. The van der Waals surface area contributed by atoms with Gasteiger partial charge in [0, 0.05) is 55.0 Å². The highest BCUT2D eigenvalue weighted by Gasteiger charge is 2.62. The van der Waals surface area contributed by atoms with Crippen LogP contribution >= 0.6 is 0 Å². The predicted molar refractivity (Wildman–Crippen MR) is 235 cm³/mol. The van der Waals surface area contributed by atoms with Crippen LogP contribution in [0.1, 0.15) is 90.4 Å². The third kappa shape index (κ3) is 10.6. The van der Waals surface area contributed by atoms with Crippen molar-refractivity contribution in [3.63, 3.8) is 0 Å². The first-order valence-electron chi connectivity index (χ1n) is 22.6. The van der Waals surface area contributed by atoms with Gasteiger partial charge in [-0.3, -0.25) is 19.4 Å². The van der Waals surface area contributed by atoms with Crippen molar-refractivity contribution in [2.45, 2.75) is 135 Å². The lowest BCUT2D eigenvalue weighted by Crippen LogP contribution is -2.61. The summed E-state index contributed by atoms with van der Waals surface area (Å²) in [6.45, 7) is 10.4. The first-order chi connectivity index (χ1) is 30.6. The molecule has 2 aromatic heterocycles. The molecule has 3 aliphatic heterocycles. The molecule has 64 heavy (non-hydrogen) atoms. The number of ketones is 2. The van der Waals surface area contributed by atoms with Gasteiger partial charge in [0.2, 0.25) is 0 Å². The van der Waals surface area contributed by atoms with E-state index in [2.05, 4.69) is 9.97 Å². The summed E-state index contributed by atoms with van der Waals surface area (Å²) in [6, 6.07) is 11.1. The second-order valence-corrected chi connectivity index (χ2v) is 18.0. The number of aromatic nitrogens is 3. The molecule has 1 N–H and O–H groups in total. The average molecular weight is 888 g/mol. The number of carbonyl (C=O) groups is 5. The molecule has 16 nitrogen and oxygen atoms in total. The van der Waals surface area contributed by atoms with Gasteiger partial charge in [0.1, 0.15) is 17.8 Å². The highest BCUT2D eigenvalue weighted by molar-refractivity contribution is 6.00. The standard InChI is InChI=1S/C48H65N5O11/c1-9-39-48(27-54)43(53(47(59)64-48)23-14-13-22-52-26-36(50-28-52)35-18-15-21-49-25-35)32(5)40(55)29(2)19-20-38(31(4)41(56)33(6)44(57)62-39)61-46-42(37(51(7)8)24-30(3)60-46)63-45(58)34-16-11-10-12-17-34/h10-12,15-18,21,25-26,28-33,37-39,42-43,46,54H,9,13-14,19-20,22-24,27H2,1-8H3/t29-,30?,31?,32+,33?,37?,38+,39?,42-,43-,46?,48-/m1/s1. The monoisotopic (exact) mass is 887 g/mol. The quantitative estimate of drug-likeness (QED) is 0.0945. The fourth-order valence-corrected chi connectivity index (χ4v) is 9.55. The molecule has 348 valence electrons. The fourth-order valence-electron chi connectivity index (χ4n) is 9.55. The SMILES string of the molecule is CCC1OC(=O)C(C)C(=O)C(C)[C@@H](OC2OC(C)CC(N(C)C)[C@H]2OC(=O)c2ccccc2)CC[C@@H](C)C(=O)[C@H](C)[C@H]2N(CCCCn3cnc(-c4cccnc4)c3)C(=O)O[C@]12CO. The van der Waals surface area contributed by atoms with Crippen LogP contribution < -0.4 is 0 Å². The summed E-state index contributed by atoms with van der Waals surface area (Å²) in [5.41, 5.74) is 0.263. The van der Waals surface area contributed by atoms with Crippen LogP contribution in [0.4, 0.5) is 4.79 Å². The number of unbranched alkanes of at least 4 members (excludes halogenated alkanes) is 1. The summed E-state index contributed by atoms with van der Waals surface area (Å²) in [5, 5.41) is 11.2. The lowest BCUT2D eigenvalue weighted by Gasteiger charge is -2.44. The number of imidazole rings is 1. The van der Waals surface area contributed by atoms with Crippen LogP contribution in [0.5, 0.6) is 0 Å². The van der Waals surface area contributed by atoms with Crippen molar-refractivity contribution in [3.8, 4) is 11.3 Å². The van der Waals surface area contributed by atoms with Gasteiger partial charge in [0.25, 0.3) is 0 Å². The number of ether oxygens (including phenoxy) is 5. The Bertz CT molecular complexity index is 2070. The van der Waals surface area contributed by atoms with Crippen LogP contribution in [-0.2, 0) is 44.6 Å². The first kappa shape index (κ1) is 48.4. The summed E-state index contributed by atoms with van der Waals surface area (Å²) in [6.07, 6.45) is 4.41. The number of cyclic esters (lactones) is 1. The molecule has 0 aliphatic carbocycles. The first-order valence-corrected chi connectivity index (χ1v) is 22.6. The van der Waals surface area contributed by atoms with Crippen LogP contribution in [0.2, 0.25) is 0 Å². The van der Waals surface area contributed by atoms with E-state index >= 15 is 0 Å². The zero-order chi connectivity index (χ0) is 46.3. The lowest BCUT2D eigenvalue weighted by atomic mass is 9.75. The molecule has 3 fully saturated rings. The molecule has 16 heteroatoms. The van der Waals surface area contributed by atoms with Gasteiger partial charge in [-0.25, -0.2) is 14.6 Å². The Morgan fingerprint density at radius 2 is 1.69 bits per heavy atom. The van der Waals surface area contributed by atoms with Gasteiger partial charge in [0.15, 0.2) is 23.8 Å². The van der Waals surface area contributed by atoms with Crippen molar-refractivity contribution in [1.82, 2.24) is 24.3 Å². The van der Waals surface area contributed by atoms with Crippen molar-refractivity contribution in [1.29, 1.82) is 0 Å². The third-order valence-electron chi connectivity index (χ3n) is 13.3. The summed E-state index contributed by atoms with van der Waals surface area (Å²) in [4.78, 5) is 82.5. The summed E-state index contributed by atoms with van der Waals surface area (Å²) in [5.74, 6) is -5.69. The molecule has 0 saturated carbocycles. The molecule has 0 radical (unpaired) electrons. The number of aliphatic hydroxyl groups is 1. The highest BCUT2D eigenvalue weighted by atomic mass is 16.7. The number of likely N-dealkylation sites (N-methyl/N-ethyl adjacent to an activating group) is 1. The molecule has 12 atom stereocenters. The second-order valence-electron chi connectivity index (χ2n) is 18.0. The van der Waals surface area contributed by atoms with Gasteiger partial charge in [-0.05, 0) is 90.7 Å². The number of hydrogen-bond donors (Lipinski definition) is 1. The van der Waals surface area contributed by atoms with Crippen LogP contribution in [0, 0.1) is 23.7 Å². The molecule has 6 rings (SSSR count). The Kier molecular flexibility index (Phi) is 16.1. The minimum Gasteiger partial charge on any atom is -0.457 e. The molecule has 3 saturated heterocycles. The predicted octanol–water partition coefficient (Wildman–Crippen LogP) is 5.75. The second kappa shape index (κ2) is 21.3. The molecule has 0 spiro atoms. The number of aliphatic hydroxyl groups excluding tert-OH is 1. The van der Waals surface area contributed by atoms with Gasteiger partial charge in [-0.1, -0.05) is 45.9 Å². The van der Waals surface area contributed by atoms with Crippen LogP contribution in [-0.4, -0.2) is 135 Å². The smallest absolute Gasteiger partial charge is 0.411 e. The molecule has 6 unspecified atom stereocenters. The van der Waals surface area contributed by atoms with Crippen molar-refractivity contribution >= 4 is 29.6 Å². The lowest BCUT2D eigenvalue weighted by molar-refractivity contribution is -0.272. The number of nitrogens with zero attached hydrogens (tertiary/aromatic N) is 5. The molecular weight excluding hydrogens is 823 g/mol. The molecule has 1 aromatic carbocycles. The fraction of sp³-hybridized carbons (Fsp3) is 0.604. The summed E-state index contributed by atoms with van der Waals surface area (Å²) < 4.78 is 33.3. The van der Waals surface area contributed by atoms with E-state index in [9.17, 15) is 29.1 Å². The van der Waals surface area contributed by atoms with Crippen LogP contribution in [0.15, 0.2) is 67.4 Å². The van der Waals surface area contributed by atoms with E-state index in [0.717, 1.165) is 11.3 Å². The number of rotatable bonds is 13. The number of benzene rings is 1. The molecular formula is C48H65N5O11. The van der Waals surface area contributed by atoms with Crippen molar-refractivity contribution in [2.24, 2.45) is 23.7 Å². The van der Waals surface area contributed by atoms with E-state index in [0.29, 0.717) is 31.4 Å². The van der Waals surface area contributed by atoms with E-state index in [1.165, 1.54) is 11.8 Å². The highest BCUT2D eigenvalue weighted by Crippen LogP contribution is 2.42. The van der Waals surface area contributed by atoms with Crippen LogP contribution in [0.3, 0.4) is 0 Å². The minimum atomic E-state index is -1.78. The van der Waals surface area contributed by atoms with E-state index in [1.54, 1.807) is 76.7 Å². The van der Waals surface area contributed by atoms with E-state index in [4.69, 9.17) is 23.7 Å². The van der Waals surface area contributed by atoms with Gasteiger partial charge in [-0.2, -0.15) is 0 Å². The zero-order valence-electron chi connectivity index (χ0n) is 38.3. The van der Waals surface area contributed by atoms with Gasteiger partial charge >= 0.3 is 18.0 Å². The van der Waals surface area contributed by atoms with Crippen LogP contribution in [0.25, 0.3) is 11.3 Å². The number of amides is 1. The average Bonchev–Trinajstić information content (AvgIpc) is 3.89. The Morgan fingerprint density at radius 1 is 0.953 bits per heavy atom.